The van der Waals surface area contributed by atoms with Crippen LogP contribution in [0.1, 0.15) is 35.8 Å². The van der Waals surface area contributed by atoms with Crippen LogP contribution < -0.4 is 0 Å². The van der Waals surface area contributed by atoms with Crippen molar-refractivity contribution in [2.75, 3.05) is 0 Å². The van der Waals surface area contributed by atoms with E-state index in [0.29, 0.717) is 0 Å². The second kappa shape index (κ2) is 4.76. The first-order valence-electron chi connectivity index (χ1n) is 6.71. The maximum absolute atomic E-state index is 10.8. The lowest BCUT2D eigenvalue weighted by Gasteiger charge is -2.20. The predicted octanol–water partition coefficient (Wildman–Crippen LogP) is 3.06. The Balaban J connectivity index is 2.08. The molecule has 0 aliphatic heterocycles. The van der Waals surface area contributed by atoms with E-state index < -0.39 is 6.10 Å². The third-order valence-corrected chi connectivity index (χ3v) is 3.93. The molecule has 1 N–H and O–H groups in total. The molecule has 0 fully saturated rings. The van der Waals surface area contributed by atoms with E-state index in [1.54, 1.807) is 12.1 Å². The summed E-state index contributed by atoms with van der Waals surface area (Å²) in [4.78, 5) is 10.4. The number of hydrogen-bond donors (Lipinski definition) is 1. The van der Waals surface area contributed by atoms with Gasteiger partial charge >= 0.3 is 0 Å². The number of non-ortho nitro benzene ring substituents is 1. The average Bonchev–Trinajstić information content (AvgIpc) is 2.84. The molecule has 1 aliphatic carbocycles. The van der Waals surface area contributed by atoms with Crippen LogP contribution in [0, 0.1) is 17.0 Å². The van der Waals surface area contributed by atoms with E-state index in [4.69, 9.17) is 0 Å². The molecule has 1 aromatic carbocycles. The Hall–Kier alpha value is -2.14. The number of fused-ring (bicyclic) bond motifs is 1. The number of aliphatic hydroxyl groups excluding tert-OH is 1. The molecule has 2 aromatic rings. The van der Waals surface area contributed by atoms with Gasteiger partial charge in [-0.15, -0.1) is 0 Å². The molecule has 1 aromatic heterocycles. The number of nitrogens with zero attached hydrogens (tertiary/aromatic N) is 2. The lowest BCUT2D eigenvalue weighted by molar-refractivity contribution is -0.384. The standard InChI is InChI=1S/C15H16N2O3/c1-10-9-11(17(19)20)5-6-13(10)16-8-7-12-14(16)3-2-4-15(12)18/h5-9,15,18H,2-4H2,1H3. The second-order valence-electron chi connectivity index (χ2n) is 5.22. The summed E-state index contributed by atoms with van der Waals surface area (Å²) in [5, 5.41) is 20.8. The van der Waals surface area contributed by atoms with E-state index in [1.165, 1.54) is 6.07 Å². The lowest BCUT2D eigenvalue weighted by atomic mass is 9.95. The van der Waals surface area contributed by atoms with Gasteiger partial charge in [-0.2, -0.15) is 0 Å². The second-order valence-corrected chi connectivity index (χ2v) is 5.22. The Morgan fingerprint density at radius 3 is 2.90 bits per heavy atom. The highest BCUT2D eigenvalue weighted by Gasteiger charge is 2.22. The Morgan fingerprint density at radius 2 is 2.20 bits per heavy atom. The molecular formula is C15H16N2O3. The Kier molecular flexibility index (Phi) is 3.06. The van der Waals surface area contributed by atoms with Gasteiger partial charge in [-0.25, -0.2) is 0 Å². The van der Waals surface area contributed by atoms with Gasteiger partial charge in [-0.1, -0.05) is 0 Å². The summed E-state index contributed by atoms with van der Waals surface area (Å²) in [5.41, 5.74) is 3.99. The fraction of sp³-hybridized carbons (Fsp3) is 0.333. The zero-order valence-corrected chi connectivity index (χ0v) is 11.2. The van der Waals surface area contributed by atoms with Crippen molar-refractivity contribution >= 4 is 5.69 Å². The number of rotatable bonds is 2. The highest BCUT2D eigenvalue weighted by molar-refractivity contribution is 5.50. The minimum absolute atomic E-state index is 0.104. The van der Waals surface area contributed by atoms with E-state index in [9.17, 15) is 15.2 Å². The smallest absolute Gasteiger partial charge is 0.269 e. The third kappa shape index (κ3) is 2.00. The molecule has 0 bridgehead atoms. The topological polar surface area (TPSA) is 68.3 Å². The van der Waals surface area contributed by atoms with Crippen LogP contribution in [0.15, 0.2) is 30.5 Å². The zero-order valence-electron chi connectivity index (χ0n) is 11.2. The number of nitro benzene ring substituents is 1. The molecule has 0 saturated carbocycles. The number of nitro groups is 1. The number of aryl methyl sites for hydroxylation is 1. The van der Waals surface area contributed by atoms with Crippen molar-refractivity contribution < 1.29 is 10.0 Å². The van der Waals surface area contributed by atoms with Crippen LogP contribution in [0.4, 0.5) is 5.69 Å². The number of aliphatic hydroxyl groups is 1. The van der Waals surface area contributed by atoms with Crippen LogP contribution in [0.5, 0.6) is 0 Å². The largest absolute Gasteiger partial charge is 0.388 e. The monoisotopic (exact) mass is 272 g/mol. The summed E-state index contributed by atoms with van der Waals surface area (Å²) in [5.74, 6) is 0. The molecule has 104 valence electrons. The summed E-state index contributed by atoms with van der Waals surface area (Å²) < 4.78 is 2.04. The summed E-state index contributed by atoms with van der Waals surface area (Å²) in [6, 6.07) is 6.82. The molecule has 5 heteroatoms. The molecular weight excluding hydrogens is 256 g/mol. The maximum Gasteiger partial charge on any atom is 0.269 e. The molecule has 1 atom stereocenters. The molecule has 0 spiro atoms. The first-order valence-corrected chi connectivity index (χ1v) is 6.71. The molecule has 0 saturated heterocycles. The van der Waals surface area contributed by atoms with Crippen LogP contribution in [0.3, 0.4) is 0 Å². The first kappa shape index (κ1) is 12.9. The summed E-state index contributed by atoms with van der Waals surface area (Å²) >= 11 is 0. The normalized spacial score (nSPS) is 17.8. The van der Waals surface area contributed by atoms with Gasteiger partial charge in [-0.05, 0) is 43.9 Å². The van der Waals surface area contributed by atoms with Gasteiger partial charge in [0.1, 0.15) is 0 Å². The van der Waals surface area contributed by atoms with Gasteiger partial charge in [0.25, 0.3) is 5.69 Å². The fourth-order valence-electron chi connectivity index (χ4n) is 2.92. The van der Waals surface area contributed by atoms with Gasteiger partial charge in [0.2, 0.25) is 0 Å². The SMILES string of the molecule is Cc1cc([N+](=O)[O-])ccc1-n1ccc2c1CCCC2O. The molecule has 5 nitrogen and oxygen atoms in total. The van der Waals surface area contributed by atoms with Crippen LogP contribution in [-0.2, 0) is 6.42 Å². The fourth-order valence-corrected chi connectivity index (χ4v) is 2.92. The molecule has 1 aliphatic rings. The van der Waals surface area contributed by atoms with Crippen molar-refractivity contribution in [1.82, 2.24) is 4.57 Å². The first-order chi connectivity index (χ1) is 9.58. The molecule has 1 heterocycles. The van der Waals surface area contributed by atoms with E-state index >= 15 is 0 Å². The van der Waals surface area contributed by atoms with Gasteiger partial charge in [0, 0.05) is 35.3 Å². The van der Waals surface area contributed by atoms with E-state index in [2.05, 4.69) is 0 Å². The Morgan fingerprint density at radius 1 is 1.40 bits per heavy atom. The summed E-state index contributed by atoms with van der Waals surface area (Å²) in [7, 11) is 0. The van der Waals surface area contributed by atoms with Crippen molar-refractivity contribution in [2.45, 2.75) is 32.3 Å². The van der Waals surface area contributed by atoms with E-state index in [-0.39, 0.29) is 10.6 Å². The minimum atomic E-state index is -0.390. The van der Waals surface area contributed by atoms with Crippen molar-refractivity contribution in [2.24, 2.45) is 0 Å². The van der Waals surface area contributed by atoms with Crippen LogP contribution in [-0.4, -0.2) is 14.6 Å². The predicted molar refractivity (Wildman–Crippen MR) is 75.1 cm³/mol. The van der Waals surface area contributed by atoms with Crippen LogP contribution in [0.2, 0.25) is 0 Å². The highest BCUT2D eigenvalue weighted by atomic mass is 16.6. The van der Waals surface area contributed by atoms with Crippen molar-refractivity contribution in [3.05, 3.63) is 57.4 Å². The van der Waals surface area contributed by atoms with E-state index in [1.807, 2.05) is 23.8 Å². The van der Waals surface area contributed by atoms with Gasteiger partial charge in [0.15, 0.2) is 0 Å². The van der Waals surface area contributed by atoms with Crippen LogP contribution in [0.25, 0.3) is 5.69 Å². The highest BCUT2D eigenvalue weighted by Crippen LogP contribution is 2.33. The van der Waals surface area contributed by atoms with Gasteiger partial charge < -0.3 is 9.67 Å². The molecule has 1 unspecified atom stereocenters. The summed E-state index contributed by atoms with van der Waals surface area (Å²) in [6.07, 6.45) is 4.24. The summed E-state index contributed by atoms with van der Waals surface area (Å²) in [6.45, 7) is 1.87. The zero-order chi connectivity index (χ0) is 14.3. The number of hydrogen-bond acceptors (Lipinski definition) is 3. The minimum Gasteiger partial charge on any atom is -0.388 e. The van der Waals surface area contributed by atoms with E-state index in [0.717, 1.165) is 41.8 Å². The molecule has 0 amide bonds. The van der Waals surface area contributed by atoms with Crippen molar-refractivity contribution in [3.8, 4) is 5.69 Å². The number of aromatic nitrogens is 1. The van der Waals surface area contributed by atoms with Crippen LogP contribution >= 0.6 is 0 Å². The molecule has 20 heavy (non-hydrogen) atoms. The quantitative estimate of drug-likeness (QED) is 0.674. The van der Waals surface area contributed by atoms with Crippen molar-refractivity contribution in [1.29, 1.82) is 0 Å². The lowest BCUT2D eigenvalue weighted by Crippen LogP contribution is -2.11. The molecule has 0 radical (unpaired) electrons. The van der Waals surface area contributed by atoms with Gasteiger partial charge in [-0.3, -0.25) is 10.1 Å². The van der Waals surface area contributed by atoms with Gasteiger partial charge in [0.05, 0.1) is 11.0 Å². The maximum atomic E-state index is 10.8. The Labute approximate surface area is 116 Å². The number of benzene rings is 1. The average molecular weight is 272 g/mol. The third-order valence-electron chi connectivity index (χ3n) is 3.93. The Bertz CT molecular complexity index is 676. The molecule has 3 rings (SSSR count). The van der Waals surface area contributed by atoms with Crippen molar-refractivity contribution in [3.63, 3.8) is 0 Å².